The molecule has 0 radical (unpaired) electrons. The highest BCUT2D eigenvalue weighted by Crippen LogP contribution is 2.17. The number of nitrogens with one attached hydrogen (secondary N) is 1. The molecule has 0 amide bonds. The third-order valence-corrected chi connectivity index (χ3v) is 4.52. The summed E-state index contributed by atoms with van der Waals surface area (Å²) in [7, 11) is 0. The minimum atomic E-state index is -1.04. The van der Waals surface area contributed by atoms with E-state index in [0.29, 0.717) is 18.4 Å². The van der Waals surface area contributed by atoms with E-state index in [-0.39, 0.29) is 11.3 Å². The minimum absolute atomic E-state index is 0.0269. The predicted molar refractivity (Wildman–Crippen MR) is 106 cm³/mol. The summed E-state index contributed by atoms with van der Waals surface area (Å²) in [5.74, 6) is -0.600. The highest BCUT2D eigenvalue weighted by atomic mass is 16.8. The topological polar surface area (TPSA) is 94.3 Å². The highest BCUT2D eigenvalue weighted by Gasteiger charge is 2.14. The molecule has 0 saturated heterocycles. The van der Waals surface area contributed by atoms with Crippen molar-refractivity contribution in [2.75, 3.05) is 6.61 Å². The van der Waals surface area contributed by atoms with Crippen molar-refractivity contribution in [2.45, 2.75) is 71.1 Å². The zero-order chi connectivity index (χ0) is 19.9. The molecule has 3 N–H and O–H groups in total. The number of aliphatic hydroxyl groups is 1. The number of quaternary nitrogens is 1. The predicted octanol–water partition coefficient (Wildman–Crippen LogP) is 4.45. The standard InChI is InChI=1S/C21H33NO5/c1-2-3-4-5-6-7-8-9-10-11-16-27-21(24)20(17-23)18-12-14-19(15-13-18)22(25)26/h12-15,17,22-23,25H,2-11,16H2,1H3/b20-17-. The maximum absolute atomic E-state index is 12.1. The van der Waals surface area contributed by atoms with Crippen molar-refractivity contribution in [1.29, 1.82) is 0 Å². The molecule has 0 aliphatic heterocycles. The largest absolute Gasteiger partial charge is 0.595 e. The molecule has 152 valence electrons. The van der Waals surface area contributed by atoms with Crippen LogP contribution in [0.3, 0.4) is 0 Å². The fraction of sp³-hybridized carbons (Fsp3) is 0.571. The second kappa shape index (κ2) is 14.2. The van der Waals surface area contributed by atoms with Crippen molar-refractivity contribution in [3.63, 3.8) is 0 Å². The number of carbonyl (C=O) groups excluding carboxylic acids is 1. The molecule has 1 aromatic carbocycles. The Labute approximate surface area is 162 Å². The van der Waals surface area contributed by atoms with E-state index < -0.39 is 11.2 Å². The lowest BCUT2D eigenvalue weighted by Crippen LogP contribution is -2.99. The number of rotatable bonds is 14. The van der Waals surface area contributed by atoms with Crippen molar-refractivity contribution in [3.8, 4) is 0 Å². The Morgan fingerprint density at radius 2 is 1.52 bits per heavy atom. The summed E-state index contributed by atoms with van der Waals surface area (Å²) in [6.45, 7) is 2.54. The van der Waals surface area contributed by atoms with Gasteiger partial charge in [0.25, 0.3) is 0 Å². The molecule has 0 aromatic heterocycles. The Kier molecular flexibility index (Phi) is 12.2. The van der Waals surface area contributed by atoms with Crippen LogP contribution in [0.5, 0.6) is 0 Å². The second-order valence-electron chi connectivity index (χ2n) is 6.74. The SMILES string of the molecule is CCCCCCCCCCCCOC(=O)/C(=C\O)c1ccc([NH+]([O-])O)cc1. The zero-order valence-electron chi connectivity index (χ0n) is 16.3. The average Bonchev–Trinajstić information content (AvgIpc) is 2.67. The van der Waals surface area contributed by atoms with Gasteiger partial charge in [0.1, 0.15) is 5.57 Å². The lowest BCUT2D eigenvalue weighted by Gasteiger charge is -2.12. The number of unbranched alkanes of at least 4 members (excludes halogenated alkanes) is 9. The Hall–Kier alpha value is -1.89. The first-order chi connectivity index (χ1) is 13.1. The Morgan fingerprint density at radius 1 is 1.00 bits per heavy atom. The third-order valence-electron chi connectivity index (χ3n) is 4.52. The summed E-state index contributed by atoms with van der Waals surface area (Å²) >= 11 is 0. The van der Waals surface area contributed by atoms with Crippen LogP contribution < -0.4 is 5.23 Å². The molecule has 6 nitrogen and oxygen atoms in total. The lowest BCUT2D eigenvalue weighted by atomic mass is 10.1. The Morgan fingerprint density at radius 3 is 2.00 bits per heavy atom. The Bertz CT molecular complexity index is 554. The molecular weight excluding hydrogens is 346 g/mol. The fourth-order valence-corrected chi connectivity index (χ4v) is 2.87. The van der Waals surface area contributed by atoms with Crippen LogP contribution in [0.25, 0.3) is 5.57 Å². The minimum Gasteiger partial charge on any atom is -0.595 e. The maximum atomic E-state index is 12.1. The van der Waals surface area contributed by atoms with Crippen molar-refractivity contribution in [2.24, 2.45) is 0 Å². The Balaban J connectivity index is 2.19. The first-order valence-corrected chi connectivity index (χ1v) is 9.95. The van der Waals surface area contributed by atoms with Gasteiger partial charge in [-0.2, -0.15) is 5.23 Å². The molecule has 1 unspecified atom stereocenters. The van der Waals surface area contributed by atoms with Crippen LogP contribution >= 0.6 is 0 Å². The van der Waals surface area contributed by atoms with Crippen LogP contribution in [0.15, 0.2) is 30.5 Å². The van der Waals surface area contributed by atoms with Gasteiger partial charge in [0, 0.05) is 12.1 Å². The maximum Gasteiger partial charge on any atom is 0.341 e. The fourth-order valence-electron chi connectivity index (χ4n) is 2.87. The molecular formula is C21H33NO5. The summed E-state index contributed by atoms with van der Waals surface area (Å²) in [6, 6.07) is 5.73. The summed E-state index contributed by atoms with van der Waals surface area (Å²) in [5.41, 5.74) is 0.573. The smallest absolute Gasteiger partial charge is 0.341 e. The van der Waals surface area contributed by atoms with E-state index >= 15 is 0 Å². The van der Waals surface area contributed by atoms with E-state index in [0.717, 1.165) is 19.3 Å². The molecule has 0 spiro atoms. The number of esters is 1. The van der Waals surface area contributed by atoms with Crippen LogP contribution in [0.1, 0.15) is 76.7 Å². The van der Waals surface area contributed by atoms with Gasteiger partial charge in [-0.25, -0.2) is 10.0 Å². The molecule has 0 heterocycles. The summed E-state index contributed by atoms with van der Waals surface area (Å²) in [4.78, 5) is 12.1. The lowest BCUT2D eigenvalue weighted by molar-refractivity contribution is -0.991. The summed E-state index contributed by atoms with van der Waals surface area (Å²) < 4.78 is 5.22. The van der Waals surface area contributed by atoms with Gasteiger partial charge in [0.2, 0.25) is 0 Å². The monoisotopic (exact) mass is 379 g/mol. The number of hydrogen-bond donors (Lipinski definition) is 3. The number of carbonyl (C=O) groups is 1. The van der Waals surface area contributed by atoms with Crippen LogP contribution in [-0.2, 0) is 9.53 Å². The molecule has 0 aliphatic rings. The van der Waals surface area contributed by atoms with Crippen LogP contribution in [-0.4, -0.2) is 22.9 Å². The average molecular weight is 379 g/mol. The molecule has 0 saturated carbocycles. The van der Waals surface area contributed by atoms with Crippen molar-refractivity contribution in [3.05, 3.63) is 41.3 Å². The molecule has 0 aliphatic carbocycles. The van der Waals surface area contributed by atoms with Gasteiger partial charge in [-0.3, -0.25) is 0 Å². The van der Waals surface area contributed by atoms with Gasteiger partial charge in [0.05, 0.1) is 12.9 Å². The summed E-state index contributed by atoms with van der Waals surface area (Å²) in [6.07, 6.45) is 12.7. The molecule has 0 fully saturated rings. The van der Waals surface area contributed by atoms with Crippen molar-refractivity contribution in [1.82, 2.24) is 0 Å². The second-order valence-corrected chi connectivity index (χ2v) is 6.74. The van der Waals surface area contributed by atoms with Crippen LogP contribution in [0, 0.1) is 5.21 Å². The third kappa shape index (κ3) is 9.56. The van der Waals surface area contributed by atoms with Crippen LogP contribution in [0.4, 0.5) is 5.69 Å². The van der Waals surface area contributed by atoms with Gasteiger partial charge in [-0.15, -0.1) is 0 Å². The van der Waals surface area contributed by atoms with Gasteiger partial charge >= 0.3 is 5.97 Å². The van der Waals surface area contributed by atoms with Crippen molar-refractivity contribution < 1.29 is 25.1 Å². The van der Waals surface area contributed by atoms with E-state index in [1.54, 1.807) is 0 Å². The van der Waals surface area contributed by atoms with Gasteiger partial charge in [0.15, 0.2) is 5.69 Å². The summed E-state index contributed by atoms with van der Waals surface area (Å²) in [5, 5.41) is 28.0. The quantitative estimate of drug-likeness (QED) is 0.146. The first kappa shape index (κ1) is 23.1. The molecule has 1 rings (SSSR count). The first-order valence-electron chi connectivity index (χ1n) is 9.95. The van der Waals surface area contributed by atoms with E-state index in [1.807, 2.05) is 0 Å². The zero-order valence-corrected chi connectivity index (χ0v) is 16.3. The van der Waals surface area contributed by atoms with Gasteiger partial charge in [-0.05, 0) is 24.1 Å². The number of aliphatic hydroxyl groups excluding tert-OH is 1. The number of benzene rings is 1. The van der Waals surface area contributed by atoms with E-state index in [4.69, 9.17) is 9.94 Å². The number of hydrogen-bond acceptors (Lipinski definition) is 5. The molecule has 6 heteroatoms. The number of ether oxygens (including phenoxy) is 1. The van der Waals surface area contributed by atoms with Gasteiger partial charge in [-0.1, -0.05) is 64.7 Å². The molecule has 1 atom stereocenters. The van der Waals surface area contributed by atoms with Gasteiger partial charge < -0.3 is 15.1 Å². The normalized spacial score (nSPS) is 12.8. The highest BCUT2D eigenvalue weighted by molar-refractivity contribution is 6.16. The molecule has 1 aromatic rings. The van der Waals surface area contributed by atoms with Crippen molar-refractivity contribution >= 4 is 17.2 Å². The van der Waals surface area contributed by atoms with E-state index in [1.165, 1.54) is 69.2 Å². The van der Waals surface area contributed by atoms with E-state index in [2.05, 4.69) is 6.92 Å². The van der Waals surface area contributed by atoms with Crippen LogP contribution in [0.2, 0.25) is 0 Å². The van der Waals surface area contributed by atoms with E-state index in [9.17, 15) is 15.1 Å². The molecule has 27 heavy (non-hydrogen) atoms. The molecule has 0 bridgehead atoms.